The van der Waals surface area contributed by atoms with Gasteiger partial charge in [0.05, 0.1) is 25.2 Å². The molecule has 0 fully saturated rings. The Balaban J connectivity index is 1.97. The number of hydrogen-bond donors (Lipinski definition) is 2. The zero-order chi connectivity index (χ0) is 20.0. The van der Waals surface area contributed by atoms with Crippen molar-refractivity contribution in [2.75, 3.05) is 19.5 Å². The molecule has 9 heteroatoms. The summed E-state index contributed by atoms with van der Waals surface area (Å²) in [5, 5.41) is 23.3. The van der Waals surface area contributed by atoms with E-state index >= 15 is 0 Å². The molecule has 0 aliphatic carbocycles. The van der Waals surface area contributed by atoms with Gasteiger partial charge in [0.1, 0.15) is 11.5 Å². The molecule has 1 atom stereocenters. The summed E-state index contributed by atoms with van der Waals surface area (Å²) in [5.74, 6) is -0.504. The lowest BCUT2D eigenvalue weighted by atomic mass is 10.0. The van der Waals surface area contributed by atoms with Crippen LogP contribution >= 0.6 is 0 Å². The molecule has 2 aromatic carbocycles. The van der Waals surface area contributed by atoms with E-state index in [1.807, 2.05) is 0 Å². The average molecular weight is 378 g/mol. The maximum Gasteiger partial charge on any atom is 0.304 e. The van der Waals surface area contributed by atoms with E-state index in [0.717, 1.165) is 12.1 Å². The van der Waals surface area contributed by atoms with Gasteiger partial charge in [-0.2, -0.15) is 4.39 Å². The third-order valence-electron chi connectivity index (χ3n) is 3.87. The smallest absolute Gasteiger partial charge is 0.304 e. The Labute approximate surface area is 154 Å². The van der Waals surface area contributed by atoms with Crippen molar-refractivity contribution >= 4 is 17.3 Å². The van der Waals surface area contributed by atoms with Gasteiger partial charge in [0, 0.05) is 35.9 Å². The lowest BCUT2D eigenvalue weighted by molar-refractivity contribution is -0.387. The number of amides is 1. The van der Waals surface area contributed by atoms with Crippen LogP contribution in [0.4, 0.5) is 15.8 Å². The highest BCUT2D eigenvalue weighted by Gasteiger charge is 2.17. The van der Waals surface area contributed by atoms with Gasteiger partial charge in [0.2, 0.25) is 11.7 Å². The Bertz CT molecular complexity index is 843. The second-order valence-corrected chi connectivity index (χ2v) is 5.63. The van der Waals surface area contributed by atoms with Crippen LogP contribution in [0.3, 0.4) is 0 Å². The predicted molar refractivity (Wildman–Crippen MR) is 95.4 cm³/mol. The molecular weight excluding hydrogens is 359 g/mol. The number of halogens is 1. The summed E-state index contributed by atoms with van der Waals surface area (Å²) in [6.45, 7) is 0. The number of carbonyl (C=O) groups excluding carboxylic acids is 1. The van der Waals surface area contributed by atoms with Gasteiger partial charge in [0.15, 0.2) is 0 Å². The lowest BCUT2D eigenvalue weighted by Crippen LogP contribution is -2.13. The monoisotopic (exact) mass is 378 g/mol. The van der Waals surface area contributed by atoms with Crippen molar-refractivity contribution in [3.05, 3.63) is 57.9 Å². The van der Waals surface area contributed by atoms with Crippen molar-refractivity contribution in [3.63, 3.8) is 0 Å². The second kappa shape index (κ2) is 8.95. The maximum absolute atomic E-state index is 13.6. The molecule has 0 heterocycles. The molecule has 0 saturated heterocycles. The van der Waals surface area contributed by atoms with E-state index in [1.165, 1.54) is 20.3 Å². The van der Waals surface area contributed by atoms with Crippen molar-refractivity contribution in [3.8, 4) is 11.5 Å². The first kappa shape index (κ1) is 20.1. The summed E-state index contributed by atoms with van der Waals surface area (Å²) in [5.41, 5.74) is -0.0675. The minimum Gasteiger partial charge on any atom is -0.497 e. The van der Waals surface area contributed by atoms with Crippen molar-refractivity contribution in [2.45, 2.75) is 18.9 Å². The Hall–Kier alpha value is -3.20. The molecule has 1 amide bonds. The number of nitrogens with one attached hydrogen (secondary N) is 1. The molecule has 0 aliphatic rings. The fourth-order valence-corrected chi connectivity index (χ4v) is 2.47. The highest BCUT2D eigenvalue weighted by molar-refractivity contribution is 5.90. The van der Waals surface area contributed by atoms with Gasteiger partial charge in [-0.25, -0.2) is 0 Å². The fraction of sp³-hybridized carbons (Fsp3) is 0.278. The Morgan fingerprint density at radius 2 is 2.00 bits per heavy atom. The minimum atomic E-state index is -1.04. The number of nitro groups is 1. The molecule has 2 rings (SSSR count). The largest absolute Gasteiger partial charge is 0.497 e. The molecule has 144 valence electrons. The molecule has 1 unspecified atom stereocenters. The summed E-state index contributed by atoms with van der Waals surface area (Å²) < 4.78 is 23.9. The zero-order valence-corrected chi connectivity index (χ0v) is 14.8. The van der Waals surface area contributed by atoms with Crippen LogP contribution in [0.25, 0.3) is 0 Å². The van der Waals surface area contributed by atoms with Crippen LogP contribution in [0, 0.1) is 15.9 Å². The van der Waals surface area contributed by atoms with E-state index in [2.05, 4.69) is 5.32 Å². The van der Waals surface area contributed by atoms with Crippen LogP contribution in [0.1, 0.15) is 24.5 Å². The Kier molecular flexibility index (Phi) is 6.67. The van der Waals surface area contributed by atoms with Crippen molar-refractivity contribution in [1.82, 2.24) is 0 Å². The molecule has 0 bridgehead atoms. The van der Waals surface area contributed by atoms with Gasteiger partial charge in [-0.3, -0.25) is 14.9 Å². The molecule has 0 radical (unpaired) electrons. The number of nitrogens with zero attached hydrogens (tertiary/aromatic N) is 1. The van der Waals surface area contributed by atoms with E-state index < -0.39 is 28.4 Å². The summed E-state index contributed by atoms with van der Waals surface area (Å²) in [6, 6.07) is 8.02. The van der Waals surface area contributed by atoms with Crippen LogP contribution in [0.5, 0.6) is 11.5 Å². The predicted octanol–water partition coefficient (Wildman–Crippen LogP) is 3.20. The van der Waals surface area contributed by atoms with Gasteiger partial charge >= 0.3 is 5.69 Å². The number of rotatable bonds is 8. The van der Waals surface area contributed by atoms with Crippen molar-refractivity contribution in [2.24, 2.45) is 0 Å². The topological polar surface area (TPSA) is 111 Å². The van der Waals surface area contributed by atoms with Crippen LogP contribution in [-0.2, 0) is 4.79 Å². The van der Waals surface area contributed by atoms with E-state index in [4.69, 9.17) is 9.47 Å². The number of methoxy groups -OCH3 is 2. The fourth-order valence-electron chi connectivity index (χ4n) is 2.47. The number of hydrogen-bond acceptors (Lipinski definition) is 6. The summed E-state index contributed by atoms with van der Waals surface area (Å²) in [6.07, 6.45) is -0.899. The molecule has 2 aromatic rings. The average Bonchev–Trinajstić information content (AvgIpc) is 2.65. The molecule has 0 aliphatic heterocycles. The third-order valence-corrected chi connectivity index (χ3v) is 3.87. The lowest BCUT2D eigenvalue weighted by Gasteiger charge is -2.15. The molecule has 0 aromatic heterocycles. The van der Waals surface area contributed by atoms with E-state index in [1.54, 1.807) is 18.2 Å². The highest BCUT2D eigenvalue weighted by Crippen LogP contribution is 2.31. The Morgan fingerprint density at radius 3 is 2.59 bits per heavy atom. The summed E-state index contributed by atoms with van der Waals surface area (Å²) in [4.78, 5) is 21.7. The number of aliphatic hydroxyl groups excluding tert-OH is 1. The minimum absolute atomic E-state index is 0.0467. The van der Waals surface area contributed by atoms with Gasteiger partial charge < -0.3 is 19.9 Å². The molecule has 2 N–H and O–H groups in total. The molecule has 27 heavy (non-hydrogen) atoms. The van der Waals surface area contributed by atoms with Crippen molar-refractivity contribution in [1.29, 1.82) is 0 Å². The quantitative estimate of drug-likeness (QED) is 0.539. The number of ether oxygens (including phenoxy) is 2. The number of aliphatic hydroxyl groups is 1. The standard InChI is InChI=1S/C18H19FN2O6/c1-26-12-4-5-13(17(10-12)27-2)16(22)7-8-18(23)20-11-3-6-15(21(24)25)14(19)9-11/h3-6,9-10,16,22H,7-8H2,1-2H3,(H,20,23). The number of anilines is 1. The van der Waals surface area contributed by atoms with Gasteiger partial charge in [0.25, 0.3) is 0 Å². The van der Waals surface area contributed by atoms with E-state index in [-0.39, 0.29) is 18.5 Å². The zero-order valence-electron chi connectivity index (χ0n) is 14.8. The molecular formula is C18H19FN2O6. The maximum atomic E-state index is 13.6. The number of carbonyl (C=O) groups is 1. The molecule has 0 saturated carbocycles. The Morgan fingerprint density at radius 1 is 1.26 bits per heavy atom. The van der Waals surface area contributed by atoms with Crippen LogP contribution in [-0.4, -0.2) is 30.2 Å². The first-order chi connectivity index (χ1) is 12.8. The van der Waals surface area contributed by atoms with Crippen LogP contribution < -0.4 is 14.8 Å². The highest BCUT2D eigenvalue weighted by atomic mass is 19.1. The van der Waals surface area contributed by atoms with Crippen LogP contribution in [0.15, 0.2) is 36.4 Å². The number of nitro benzene ring substituents is 1. The first-order valence-electron chi connectivity index (χ1n) is 7.99. The molecule has 0 spiro atoms. The number of benzene rings is 2. The third kappa shape index (κ3) is 5.14. The second-order valence-electron chi connectivity index (χ2n) is 5.63. The van der Waals surface area contributed by atoms with Gasteiger partial charge in [-0.15, -0.1) is 0 Å². The van der Waals surface area contributed by atoms with Crippen LogP contribution in [0.2, 0.25) is 0 Å². The summed E-state index contributed by atoms with van der Waals surface area (Å²) >= 11 is 0. The summed E-state index contributed by atoms with van der Waals surface area (Å²) in [7, 11) is 2.97. The van der Waals surface area contributed by atoms with Gasteiger partial charge in [-0.05, 0) is 24.6 Å². The normalized spacial score (nSPS) is 11.6. The SMILES string of the molecule is COc1ccc(C(O)CCC(=O)Nc2ccc([N+](=O)[O-])c(F)c2)c(OC)c1. The van der Waals surface area contributed by atoms with E-state index in [0.29, 0.717) is 17.1 Å². The van der Waals surface area contributed by atoms with E-state index in [9.17, 15) is 24.4 Å². The van der Waals surface area contributed by atoms with Crippen molar-refractivity contribution < 1.29 is 28.7 Å². The molecule has 8 nitrogen and oxygen atoms in total. The van der Waals surface area contributed by atoms with Gasteiger partial charge in [-0.1, -0.05) is 0 Å². The first-order valence-corrected chi connectivity index (χ1v) is 7.99.